The number of carbonyl (C=O) groups excluding carboxylic acids is 3. The molecule has 0 aliphatic carbocycles. The predicted octanol–water partition coefficient (Wildman–Crippen LogP) is 1.58. The normalized spacial score (nSPS) is 21.4. The molecule has 1 aromatic carbocycles. The fourth-order valence-corrected chi connectivity index (χ4v) is 2.82. The van der Waals surface area contributed by atoms with Gasteiger partial charge in [-0.25, -0.2) is 4.90 Å². The van der Waals surface area contributed by atoms with Crippen molar-refractivity contribution in [3.63, 3.8) is 0 Å². The molecular formula is C14H9BrN2O3. The number of aliphatic imine (C=N–C) groups is 1. The average molecular weight is 333 g/mol. The number of imide groups is 1. The third-order valence-electron chi connectivity index (χ3n) is 3.25. The number of aldehydes is 1. The number of alkyl halides is 1. The van der Waals surface area contributed by atoms with Crippen LogP contribution in [0.3, 0.4) is 0 Å². The van der Waals surface area contributed by atoms with Crippen molar-refractivity contribution in [3.05, 3.63) is 47.2 Å². The van der Waals surface area contributed by atoms with Crippen LogP contribution in [0.2, 0.25) is 0 Å². The Morgan fingerprint density at radius 3 is 2.30 bits per heavy atom. The molecule has 6 heteroatoms. The number of nitrogens with zero attached hydrogens (tertiary/aromatic N) is 2. The number of amides is 2. The first-order chi connectivity index (χ1) is 9.63. The van der Waals surface area contributed by atoms with Crippen molar-refractivity contribution in [1.82, 2.24) is 4.90 Å². The first-order valence-electron chi connectivity index (χ1n) is 5.95. The van der Waals surface area contributed by atoms with Gasteiger partial charge < -0.3 is 0 Å². The molecule has 0 spiro atoms. The first kappa shape index (κ1) is 12.9. The van der Waals surface area contributed by atoms with E-state index in [9.17, 15) is 14.4 Å². The standard InChI is InChI=1S/C14H9BrN2O3/c15-11-5-8(6-16-12(11)7-18)17-13(19)9-3-1-2-4-10(9)14(17)20/h1-5,7,11H,6H2. The van der Waals surface area contributed by atoms with E-state index in [-0.39, 0.29) is 23.2 Å². The van der Waals surface area contributed by atoms with Gasteiger partial charge in [-0.1, -0.05) is 28.1 Å². The van der Waals surface area contributed by atoms with E-state index in [1.165, 1.54) is 0 Å². The average Bonchev–Trinajstić information content (AvgIpc) is 2.71. The lowest BCUT2D eigenvalue weighted by Gasteiger charge is -2.21. The smallest absolute Gasteiger partial charge is 0.265 e. The molecule has 0 N–H and O–H groups in total. The molecule has 0 aromatic heterocycles. The molecule has 1 atom stereocenters. The highest BCUT2D eigenvalue weighted by Crippen LogP contribution is 2.28. The second-order valence-electron chi connectivity index (χ2n) is 4.41. The lowest BCUT2D eigenvalue weighted by molar-refractivity contribution is -0.102. The fourth-order valence-electron chi connectivity index (χ4n) is 2.26. The molecule has 3 rings (SSSR count). The van der Waals surface area contributed by atoms with Gasteiger partial charge in [-0.3, -0.25) is 19.4 Å². The third-order valence-corrected chi connectivity index (χ3v) is 3.98. The number of dihydropyridines is 1. The summed E-state index contributed by atoms with van der Waals surface area (Å²) in [5.41, 5.74) is 1.64. The Morgan fingerprint density at radius 1 is 1.20 bits per heavy atom. The Hall–Kier alpha value is -2.08. The summed E-state index contributed by atoms with van der Waals surface area (Å²) in [4.78, 5) is 40.2. The van der Waals surface area contributed by atoms with Gasteiger partial charge in [0.25, 0.3) is 11.8 Å². The Balaban J connectivity index is 1.97. The van der Waals surface area contributed by atoms with Gasteiger partial charge in [-0.2, -0.15) is 0 Å². The SMILES string of the molecule is O=CC1=NCC(N2C(=O)c3ccccc3C2=O)=CC1Br. The van der Waals surface area contributed by atoms with Gasteiger partial charge in [-0.15, -0.1) is 0 Å². The maximum absolute atomic E-state index is 12.3. The number of hydrogen-bond acceptors (Lipinski definition) is 4. The van der Waals surface area contributed by atoms with Crippen LogP contribution < -0.4 is 0 Å². The maximum atomic E-state index is 12.3. The summed E-state index contributed by atoms with van der Waals surface area (Å²) < 4.78 is 0. The van der Waals surface area contributed by atoms with Crippen molar-refractivity contribution in [2.24, 2.45) is 4.99 Å². The fraction of sp³-hybridized carbons (Fsp3) is 0.143. The van der Waals surface area contributed by atoms with Crippen molar-refractivity contribution in [1.29, 1.82) is 0 Å². The van der Waals surface area contributed by atoms with E-state index in [2.05, 4.69) is 20.9 Å². The van der Waals surface area contributed by atoms with Gasteiger partial charge in [0.2, 0.25) is 0 Å². The molecule has 0 saturated heterocycles. The number of carbonyl (C=O) groups is 3. The summed E-state index contributed by atoms with van der Waals surface area (Å²) in [5.74, 6) is -0.692. The zero-order valence-electron chi connectivity index (χ0n) is 10.2. The largest absolute Gasteiger partial charge is 0.296 e. The number of fused-ring (bicyclic) bond motifs is 1. The van der Waals surface area contributed by atoms with Crippen LogP contribution in [0.5, 0.6) is 0 Å². The van der Waals surface area contributed by atoms with E-state index in [1.54, 1.807) is 30.3 Å². The van der Waals surface area contributed by atoms with Crippen molar-refractivity contribution >= 4 is 39.7 Å². The number of benzene rings is 1. The Bertz CT molecular complexity index is 658. The minimum Gasteiger partial charge on any atom is -0.296 e. The molecule has 0 saturated carbocycles. The molecule has 1 unspecified atom stereocenters. The van der Waals surface area contributed by atoms with Gasteiger partial charge in [0.05, 0.1) is 28.2 Å². The predicted molar refractivity (Wildman–Crippen MR) is 76.1 cm³/mol. The van der Waals surface area contributed by atoms with Gasteiger partial charge in [-0.05, 0) is 18.2 Å². The molecule has 1 aromatic rings. The molecule has 2 aliphatic rings. The van der Waals surface area contributed by atoms with Gasteiger partial charge in [0, 0.05) is 5.70 Å². The molecule has 2 aliphatic heterocycles. The van der Waals surface area contributed by atoms with E-state index < -0.39 is 0 Å². The molecular weight excluding hydrogens is 324 g/mol. The van der Waals surface area contributed by atoms with E-state index >= 15 is 0 Å². The second-order valence-corrected chi connectivity index (χ2v) is 5.40. The Kier molecular flexibility index (Phi) is 3.10. The highest BCUT2D eigenvalue weighted by Gasteiger charge is 2.38. The lowest BCUT2D eigenvalue weighted by atomic mass is 10.1. The van der Waals surface area contributed by atoms with Crippen molar-refractivity contribution < 1.29 is 14.4 Å². The van der Waals surface area contributed by atoms with E-state index in [1.807, 2.05) is 0 Å². The van der Waals surface area contributed by atoms with Crippen LogP contribution in [0.15, 0.2) is 41.0 Å². The molecule has 2 heterocycles. The zero-order valence-corrected chi connectivity index (χ0v) is 11.8. The minimum absolute atomic E-state index is 0.141. The van der Waals surface area contributed by atoms with E-state index in [0.29, 0.717) is 28.8 Å². The molecule has 2 amide bonds. The Morgan fingerprint density at radius 2 is 1.80 bits per heavy atom. The van der Waals surface area contributed by atoms with E-state index in [0.717, 1.165) is 4.90 Å². The third kappa shape index (κ3) is 1.84. The van der Waals surface area contributed by atoms with Crippen molar-refractivity contribution in [3.8, 4) is 0 Å². The van der Waals surface area contributed by atoms with Crippen LogP contribution >= 0.6 is 15.9 Å². The molecule has 0 radical (unpaired) electrons. The van der Waals surface area contributed by atoms with Crippen molar-refractivity contribution in [2.75, 3.05) is 6.54 Å². The second kappa shape index (κ2) is 4.79. The van der Waals surface area contributed by atoms with Gasteiger partial charge >= 0.3 is 0 Å². The summed E-state index contributed by atoms with van der Waals surface area (Å²) >= 11 is 3.29. The minimum atomic E-state index is -0.381. The van der Waals surface area contributed by atoms with Crippen LogP contribution in [0.25, 0.3) is 0 Å². The molecule has 0 fully saturated rings. The maximum Gasteiger partial charge on any atom is 0.265 e. The molecule has 0 bridgehead atoms. The van der Waals surface area contributed by atoms with Crippen LogP contribution in [0.4, 0.5) is 0 Å². The number of allylic oxidation sites excluding steroid dienone is 1. The Labute approximate surface area is 123 Å². The summed E-state index contributed by atoms with van der Waals surface area (Å²) in [6.45, 7) is 0.141. The first-order valence-corrected chi connectivity index (χ1v) is 6.87. The molecule has 20 heavy (non-hydrogen) atoms. The summed E-state index contributed by atoms with van der Waals surface area (Å²) in [6.07, 6.45) is 2.33. The van der Waals surface area contributed by atoms with Gasteiger partial charge in [0.15, 0.2) is 6.29 Å². The van der Waals surface area contributed by atoms with Crippen molar-refractivity contribution in [2.45, 2.75) is 4.83 Å². The monoisotopic (exact) mass is 332 g/mol. The summed E-state index contributed by atoms with van der Waals surface area (Å²) in [7, 11) is 0. The summed E-state index contributed by atoms with van der Waals surface area (Å²) in [5, 5.41) is 0. The number of hydrogen-bond donors (Lipinski definition) is 0. The van der Waals surface area contributed by atoms with Crippen LogP contribution in [0, 0.1) is 0 Å². The summed E-state index contributed by atoms with van der Waals surface area (Å²) in [6, 6.07) is 6.70. The quantitative estimate of drug-likeness (QED) is 0.469. The van der Waals surface area contributed by atoms with Gasteiger partial charge in [0.1, 0.15) is 0 Å². The molecule has 5 nitrogen and oxygen atoms in total. The molecule has 100 valence electrons. The van der Waals surface area contributed by atoms with Crippen LogP contribution in [-0.4, -0.2) is 40.1 Å². The topological polar surface area (TPSA) is 66.8 Å². The van der Waals surface area contributed by atoms with Crippen LogP contribution in [0.1, 0.15) is 20.7 Å². The van der Waals surface area contributed by atoms with E-state index in [4.69, 9.17) is 0 Å². The zero-order chi connectivity index (χ0) is 14.3. The number of halogens is 1. The lowest BCUT2D eigenvalue weighted by Crippen LogP contribution is -2.34. The number of rotatable bonds is 2. The highest BCUT2D eigenvalue weighted by atomic mass is 79.9. The highest BCUT2D eigenvalue weighted by molar-refractivity contribution is 9.10. The van der Waals surface area contributed by atoms with Crippen LogP contribution in [-0.2, 0) is 4.79 Å².